The molecule has 0 unspecified atom stereocenters. The van der Waals surface area contributed by atoms with Crippen molar-refractivity contribution in [2.45, 2.75) is 51.3 Å². The lowest BCUT2D eigenvalue weighted by atomic mass is 9.87. The molecule has 0 amide bonds. The molecule has 1 N–H and O–H groups in total. The molecule has 0 aliphatic rings. The van der Waals surface area contributed by atoms with E-state index in [1.165, 1.54) is 25.0 Å². The minimum absolute atomic E-state index is 0.0497. The van der Waals surface area contributed by atoms with Gasteiger partial charge < -0.3 is 0 Å². The summed E-state index contributed by atoms with van der Waals surface area (Å²) < 4.78 is 27.9. The maximum Gasteiger partial charge on any atom is 0.240 e. The van der Waals surface area contributed by atoms with E-state index in [9.17, 15) is 8.42 Å². The van der Waals surface area contributed by atoms with Gasteiger partial charge in [0.1, 0.15) is 0 Å². The number of sulfonamides is 1. The number of nitrogens with one attached hydrogen (secondary N) is 1. The molecule has 1 aromatic carbocycles. The van der Waals surface area contributed by atoms with Crippen LogP contribution in [-0.2, 0) is 10.0 Å². The highest BCUT2D eigenvalue weighted by Crippen LogP contribution is 2.26. The summed E-state index contributed by atoms with van der Waals surface area (Å²) >= 11 is 9.14. The van der Waals surface area contributed by atoms with E-state index in [-0.39, 0.29) is 10.3 Å². The van der Waals surface area contributed by atoms with Crippen LogP contribution in [-0.4, -0.2) is 15.0 Å². The highest BCUT2D eigenvalue weighted by molar-refractivity contribution is 9.10. The Bertz CT molecular complexity index is 573. The largest absolute Gasteiger partial charge is 0.240 e. The van der Waals surface area contributed by atoms with Crippen LogP contribution >= 0.6 is 27.5 Å². The van der Waals surface area contributed by atoms with Gasteiger partial charge in [-0.05, 0) is 46.0 Å². The first kappa shape index (κ1) is 18.9. The first-order chi connectivity index (χ1) is 9.68. The maximum atomic E-state index is 12.3. The first-order valence-corrected chi connectivity index (χ1v) is 9.78. The normalized spacial score (nSPS) is 12.6. The fourth-order valence-electron chi connectivity index (χ4n) is 1.96. The summed E-state index contributed by atoms with van der Waals surface area (Å²) in [5, 5.41) is 0.494. The van der Waals surface area contributed by atoms with E-state index in [1.807, 2.05) is 0 Å². The van der Waals surface area contributed by atoms with Gasteiger partial charge in [-0.1, -0.05) is 51.6 Å². The van der Waals surface area contributed by atoms with E-state index >= 15 is 0 Å². The molecule has 1 aromatic rings. The molecule has 0 radical (unpaired) electrons. The van der Waals surface area contributed by atoms with Crippen LogP contribution in [0.2, 0.25) is 5.02 Å². The van der Waals surface area contributed by atoms with E-state index in [0.717, 1.165) is 12.8 Å². The van der Waals surface area contributed by atoms with Crippen LogP contribution in [0.1, 0.15) is 46.5 Å². The molecule has 120 valence electrons. The van der Waals surface area contributed by atoms with Gasteiger partial charge in [-0.15, -0.1) is 0 Å². The highest BCUT2D eigenvalue weighted by atomic mass is 79.9. The first-order valence-electron chi connectivity index (χ1n) is 7.13. The van der Waals surface area contributed by atoms with Gasteiger partial charge in [-0.3, -0.25) is 0 Å². The van der Waals surface area contributed by atoms with Crippen molar-refractivity contribution in [3.05, 3.63) is 27.7 Å². The van der Waals surface area contributed by atoms with Crippen LogP contribution in [0.4, 0.5) is 0 Å². The lowest BCUT2D eigenvalue weighted by Crippen LogP contribution is -2.34. The summed E-state index contributed by atoms with van der Waals surface area (Å²) in [6.45, 7) is 6.76. The predicted octanol–water partition coefficient (Wildman–Crippen LogP) is 4.99. The molecule has 0 aliphatic heterocycles. The molecule has 0 saturated heterocycles. The summed E-state index contributed by atoms with van der Waals surface area (Å²) in [5.74, 6) is 0. The fourth-order valence-corrected chi connectivity index (χ4v) is 3.88. The molecule has 0 atom stereocenters. The number of benzene rings is 1. The Kier molecular flexibility index (Phi) is 7.17. The smallest absolute Gasteiger partial charge is 0.211 e. The second kappa shape index (κ2) is 7.95. The fraction of sp³-hybridized carbons (Fsp3) is 0.600. The van der Waals surface area contributed by atoms with Gasteiger partial charge in [0.05, 0.1) is 9.92 Å². The third-order valence-electron chi connectivity index (χ3n) is 3.40. The van der Waals surface area contributed by atoms with E-state index < -0.39 is 10.0 Å². The third kappa shape index (κ3) is 6.27. The number of unbranched alkanes of at least 4 members (excludes halogenated alkanes) is 2. The van der Waals surface area contributed by atoms with Gasteiger partial charge in [-0.2, -0.15) is 0 Å². The van der Waals surface area contributed by atoms with Crippen LogP contribution in [0.3, 0.4) is 0 Å². The lowest BCUT2D eigenvalue weighted by molar-refractivity contribution is 0.320. The molecule has 3 nitrogen and oxygen atoms in total. The van der Waals surface area contributed by atoms with Crippen LogP contribution in [0.5, 0.6) is 0 Å². The van der Waals surface area contributed by atoms with Gasteiger partial charge >= 0.3 is 0 Å². The molecular weight excluding hydrogens is 374 g/mol. The zero-order valence-corrected chi connectivity index (χ0v) is 15.9. The van der Waals surface area contributed by atoms with Gasteiger partial charge in [0.25, 0.3) is 0 Å². The van der Waals surface area contributed by atoms with Crippen LogP contribution in [0.25, 0.3) is 0 Å². The Morgan fingerprint density at radius 3 is 2.52 bits per heavy atom. The minimum atomic E-state index is -3.50. The average Bonchev–Trinajstić information content (AvgIpc) is 2.40. The van der Waals surface area contributed by atoms with E-state index in [2.05, 4.69) is 41.4 Å². The average molecular weight is 397 g/mol. The van der Waals surface area contributed by atoms with Crippen molar-refractivity contribution in [1.82, 2.24) is 4.72 Å². The zero-order chi connectivity index (χ0) is 16.1. The van der Waals surface area contributed by atoms with Crippen LogP contribution in [0.15, 0.2) is 27.6 Å². The Balaban J connectivity index is 2.70. The lowest BCUT2D eigenvalue weighted by Gasteiger charge is -2.25. The molecule has 0 aliphatic carbocycles. The van der Waals surface area contributed by atoms with Gasteiger partial charge in [-0.25, -0.2) is 13.1 Å². The SMILES string of the molecule is CCCCCC(C)(C)CNS(=O)(=O)c1ccc(Cl)c(Br)c1. The summed E-state index contributed by atoms with van der Waals surface area (Å²) in [5.41, 5.74) is -0.0497. The van der Waals surface area contributed by atoms with Crippen molar-refractivity contribution in [3.8, 4) is 0 Å². The summed E-state index contributed by atoms with van der Waals surface area (Å²) in [7, 11) is -3.50. The van der Waals surface area contributed by atoms with Crippen LogP contribution < -0.4 is 4.72 Å². The quantitative estimate of drug-likeness (QED) is 0.629. The van der Waals surface area contributed by atoms with Crippen molar-refractivity contribution in [3.63, 3.8) is 0 Å². The van der Waals surface area contributed by atoms with Crippen molar-refractivity contribution in [2.75, 3.05) is 6.54 Å². The molecule has 0 saturated carbocycles. The van der Waals surface area contributed by atoms with Gasteiger partial charge in [0.2, 0.25) is 10.0 Å². The van der Waals surface area contributed by atoms with Crippen molar-refractivity contribution < 1.29 is 8.42 Å². The van der Waals surface area contributed by atoms with E-state index in [0.29, 0.717) is 16.0 Å². The summed E-state index contributed by atoms with van der Waals surface area (Å²) in [6, 6.07) is 4.61. The number of rotatable bonds is 8. The Labute approximate surface area is 141 Å². The molecule has 0 heterocycles. The molecule has 0 aromatic heterocycles. The Morgan fingerprint density at radius 2 is 1.95 bits per heavy atom. The maximum absolute atomic E-state index is 12.3. The molecule has 1 rings (SSSR count). The van der Waals surface area contributed by atoms with E-state index in [1.54, 1.807) is 6.07 Å². The predicted molar refractivity (Wildman–Crippen MR) is 92.3 cm³/mol. The minimum Gasteiger partial charge on any atom is -0.211 e. The highest BCUT2D eigenvalue weighted by Gasteiger charge is 2.22. The van der Waals surface area contributed by atoms with Crippen molar-refractivity contribution >= 4 is 37.6 Å². The van der Waals surface area contributed by atoms with Crippen molar-refractivity contribution in [2.24, 2.45) is 5.41 Å². The summed E-state index contributed by atoms with van der Waals surface area (Å²) in [6.07, 6.45) is 4.48. The van der Waals surface area contributed by atoms with Gasteiger partial charge in [0, 0.05) is 11.0 Å². The molecule has 0 fully saturated rings. The van der Waals surface area contributed by atoms with Crippen molar-refractivity contribution in [1.29, 1.82) is 0 Å². The molecule has 0 spiro atoms. The summed E-state index contributed by atoms with van der Waals surface area (Å²) in [4.78, 5) is 0.225. The van der Waals surface area contributed by atoms with Crippen LogP contribution in [0, 0.1) is 5.41 Å². The molecular formula is C15H23BrClNO2S. The number of halogens is 2. The zero-order valence-electron chi connectivity index (χ0n) is 12.7. The van der Waals surface area contributed by atoms with E-state index in [4.69, 9.17) is 11.6 Å². The number of hydrogen-bond donors (Lipinski definition) is 1. The Hall–Kier alpha value is -0.100. The second-order valence-electron chi connectivity index (χ2n) is 6.02. The topological polar surface area (TPSA) is 46.2 Å². The monoisotopic (exact) mass is 395 g/mol. The molecule has 21 heavy (non-hydrogen) atoms. The standard InChI is InChI=1S/C15H23BrClNO2S/c1-4-5-6-9-15(2,3)11-18-21(19,20)12-7-8-14(17)13(16)10-12/h7-8,10,18H,4-6,9,11H2,1-3H3. The molecule has 6 heteroatoms. The third-order valence-corrected chi connectivity index (χ3v) is 6.01. The second-order valence-corrected chi connectivity index (χ2v) is 9.05. The van der Waals surface area contributed by atoms with Gasteiger partial charge in [0.15, 0.2) is 0 Å². The molecule has 0 bridgehead atoms. The number of hydrogen-bond acceptors (Lipinski definition) is 2. The Morgan fingerprint density at radius 1 is 1.29 bits per heavy atom.